The lowest BCUT2D eigenvalue weighted by Gasteiger charge is -2.23. The van der Waals surface area contributed by atoms with Gasteiger partial charge in [-0.1, -0.05) is 59.8 Å². The molecule has 0 saturated heterocycles. The molecule has 0 aromatic heterocycles. The van der Waals surface area contributed by atoms with E-state index < -0.39 is 22.9 Å². The van der Waals surface area contributed by atoms with Crippen molar-refractivity contribution in [1.82, 2.24) is 5.01 Å². The summed E-state index contributed by atoms with van der Waals surface area (Å²) in [6.07, 6.45) is 0.444. The monoisotopic (exact) mass is 536 g/mol. The number of hydrazone groups is 1. The van der Waals surface area contributed by atoms with Crippen molar-refractivity contribution in [3.05, 3.63) is 94.8 Å². The van der Waals surface area contributed by atoms with Gasteiger partial charge in [0.1, 0.15) is 16.8 Å². The number of hydrogen-bond acceptors (Lipinski definition) is 6. The Morgan fingerprint density at radius 3 is 2.57 bits per heavy atom. The van der Waals surface area contributed by atoms with E-state index in [1.807, 2.05) is 36.4 Å². The molecule has 10 heteroatoms. The molecule has 2 amide bonds. The first-order chi connectivity index (χ1) is 17.9. The quantitative estimate of drug-likeness (QED) is 0.439. The summed E-state index contributed by atoms with van der Waals surface area (Å²) in [4.78, 5) is 29.5. The average Bonchev–Trinajstić information content (AvgIpc) is 3.50. The number of halogens is 2. The Kier molecular flexibility index (Phi) is 7.25. The zero-order valence-corrected chi connectivity index (χ0v) is 21.3. The predicted molar refractivity (Wildman–Crippen MR) is 144 cm³/mol. The zero-order valence-electron chi connectivity index (χ0n) is 19.7. The maximum Gasteiger partial charge on any atom is 0.262 e. The van der Waals surface area contributed by atoms with E-state index in [-0.39, 0.29) is 18.2 Å². The van der Waals surface area contributed by atoms with E-state index in [1.54, 1.807) is 30.3 Å². The number of rotatable bonds is 6. The molecule has 0 spiro atoms. The number of benzene rings is 3. The number of para-hydroxylation sites is 1. The van der Waals surface area contributed by atoms with Gasteiger partial charge >= 0.3 is 0 Å². The summed E-state index contributed by atoms with van der Waals surface area (Å²) in [5, 5.41) is 9.40. The molecule has 2 aliphatic heterocycles. The summed E-state index contributed by atoms with van der Waals surface area (Å²) < 4.78 is 19.2. The lowest BCUT2D eigenvalue weighted by molar-refractivity contribution is -0.121. The van der Waals surface area contributed by atoms with E-state index >= 15 is 0 Å². The minimum absolute atomic E-state index is 0.0698. The van der Waals surface area contributed by atoms with Gasteiger partial charge < -0.3 is 10.1 Å². The third-order valence-corrected chi connectivity index (χ3v) is 7.43. The predicted octanol–water partition coefficient (Wildman–Crippen LogP) is 5.67. The van der Waals surface area contributed by atoms with Crippen molar-refractivity contribution < 1.29 is 18.7 Å². The second kappa shape index (κ2) is 10.7. The van der Waals surface area contributed by atoms with E-state index in [1.165, 1.54) is 30.0 Å². The van der Waals surface area contributed by atoms with E-state index in [4.69, 9.17) is 21.4 Å². The summed E-state index contributed by atoms with van der Waals surface area (Å²) in [5.74, 6) is -0.698. The van der Waals surface area contributed by atoms with E-state index in [2.05, 4.69) is 10.3 Å². The fourth-order valence-corrected chi connectivity index (χ4v) is 5.31. The van der Waals surface area contributed by atoms with Crippen LogP contribution in [0.3, 0.4) is 0 Å². The molecule has 0 fully saturated rings. The van der Waals surface area contributed by atoms with Gasteiger partial charge in [-0.3, -0.25) is 9.59 Å². The molecule has 5 rings (SSSR count). The van der Waals surface area contributed by atoms with Gasteiger partial charge in [0.15, 0.2) is 5.17 Å². The highest BCUT2D eigenvalue weighted by Gasteiger charge is 2.39. The number of anilines is 1. The van der Waals surface area contributed by atoms with Gasteiger partial charge in [-0.05, 0) is 47.5 Å². The molecule has 3 aromatic rings. The molecule has 0 saturated carbocycles. The summed E-state index contributed by atoms with van der Waals surface area (Å²) in [5.41, 5.74) is 2.79. The Balaban J connectivity index is 1.36. The number of thioether (sulfide) groups is 1. The van der Waals surface area contributed by atoms with Gasteiger partial charge in [-0.15, -0.1) is 0 Å². The molecular formula is C27H22ClFN4O3S. The number of amides is 2. The van der Waals surface area contributed by atoms with Crippen molar-refractivity contribution >= 4 is 51.7 Å². The van der Waals surface area contributed by atoms with Gasteiger partial charge in [0.2, 0.25) is 5.91 Å². The molecule has 0 bridgehead atoms. The summed E-state index contributed by atoms with van der Waals surface area (Å²) in [6, 6.07) is 20.8. The number of nitrogens with zero attached hydrogens (tertiary/aromatic N) is 3. The molecule has 2 atom stereocenters. The Bertz CT molecular complexity index is 1400. The fourth-order valence-electron chi connectivity index (χ4n) is 4.13. The molecule has 2 heterocycles. The van der Waals surface area contributed by atoms with Crippen LogP contribution < -0.4 is 10.1 Å². The van der Waals surface area contributed by atoms with Crippen molar-refractivity contribution in [2.75, 3.05) is 12.4 Å². The number of carbonyl (C=O) groups excluding carboxylic acids is 2. The minimum Gasteiger partial charge on any atom is -0.497 e. The highest BCUT2D eigenvalue weighted by atomic mass is 35.5. The Labute approximate surface area is 222 Å². The number of ether oxygens (including phenoxy) is 1. The van der Waals surface area contributed by atoms with Crippen LogP contribution in [0.5, 0.6) is 5.75 Å². The van der Waals surface area contributed by atoms with Gasteiger partial charge in [-0.25, -0.2) is 9.40 Å². The van der Waals surface area contributed by atoms with Gasteiger partial charge in [0.05, 0.1) is 24.6 Å². The van der Waals surface area contributed by atoms with Crippen LogP contribution >= 0.6 is 23.4 Å². The van der Waals surface area contributed by atoms with Crippen LogP contribution in [0.1, 0.15) is 30.0 Å². The van der Waals surface area contributed by atoms with Crippen LogP contribution in [0, 0.1) is 5.82 Å². The average molecular weight is 537 g/mol. The molecule has 0 unspecified atom stereocenters. The molecule has 1 N–H and O–H groups in total. The van der Waals surface area contributed by atoms with Crippen molar-refractivity contribution in [1.29, 1.82) is 0 Å². The van der Waals surface area contributed by atoms with E-state index in [0.29, 0.717) is 16.6 Å². The van der Waals surface area contributed by atoms with Crippen LogP contribution in [0.25, 0.3) is 0 Å². The Hall–Kier alpha value is -3.69. The second-order valence-electron chi connectivity index (χ2n) is 8.46. The lowest BCUT2D eigenvalue weighted by Crippen LogP contribution is -2.25. The van der Waals surface area contributed by atoms with Crippen LogP contribution in [0.15, 0.2) is 82.9 Å². The number of carbonyl (C=O) groups is 2. The van der Waals surface area contributed by atoms with Crippen molar-refractivity contribution in [2.45, 2.75) is 24.1 Å². The first-order valence-electron chi connectivity index (χ1n) is 11.5. The van der Waals surface area contributed by atoms with Crippen molar-refractivity contribution in [3.63, 3.8) is 0 Å². The maximum atomic E-state index is 13.9. The topological polar surface area (TPSA) is 83.4 Å². The van der Waals surface area contributed by atoms with Crippen LogP contribution in [0.4, 0.5) is 10.1 Å². The molecule has 0 radical (unpaired) electrons. The largest absolute Gasteiger partial charge is 0.497 e. The zero-order chi connectivity index (χ0) is 25.9. The second-order valence-corrected chi connectivity index (χ2v) is 10.1. The highest BCUT2D eigenvalue weighted by molar-refractivity contribution is 8.15. The van der Waals surface area contributed by atoms with Gasteiger partial charge in [-0.2, -0.15) is 10.1 Å². The normalized spacial score (nSPS) is 19.0. The van der Waals surface area contributed by atoms with E-state index in [0.717, 1.165) is 22.6 Å². The molecule has 37 heavy (non-hydrogen) atoms. The number of methoxy groups -OCH3 is 1. The smallest absolute Gasteiger partial charge is 0.262 e. The first-order valence-corrected chi connectivity index (χ1v) is 12.8. The minimum atomic E-state index is -0.729. The van der Waals surface area contributed by atoms with Gasteiger partial charge in [0, 0.05) is 17.9 Å². The third kappa shape index (κ3) is 5.52. The molecule has 188 valence electrons. The molecule has 7 nitrogen and oxygen atoms in total. The van der Waals surface area contributed by atoms with E-state index in [9.17, 15) is 14.0 Å². The number of hydrogen-bond donors (Lipinski definition) is 1. The molecule has 0 aliphatic carbocycles. The van der Waals surface area contributed by atoms with Crippen LogP contribution in [-0.4, -0.2) is 40.1 Å². The van der Waals surface area contributed by atoms with Crippen molar-refractivity contribution in [2.24, 2.45) is 10.1 Å². The highest BCUT2D eigenvalue weighted by Crippen LogP contribution is 2.39. The van der Waals surface area contributed by atoms with Crippen molar-refractivity contribution in [3.8, 4) is 5.75 Å². The molecule has 2 aliphatic rings. The molecule has 3 aromatic carbocycles. The summed E-state index contributed by atoms with van der Waals surface area (Å²) in [7, 11) is 1.61. The maximum absolute atomic E-state index is 13.9. The number of aliphatic imine (C=N–C) groups is 1. The van der Waals surface area contributed by atoms with Gasteiger partial charge in [0.25, 0.3) is 5.91 Å². The van der Waals surface area contributed by atoms with Crippen LogP contribution in [0.2, 0.25) is 5.02 Å². The Morgan fingerprint density at radius 2 is 1.86 bits per heavy atom. The first kappa shape index (κ1) is 25.0. The SMILES string of the molecule is COc1ccc([C@H]2CC(c3ccc(Cl)cc3)=NN2C2=NC(=O)[C@H](CC(=O)Nc3ccccc3F)S2)cc1. The standard InChI is InChI=1S/C27H22ClFN4O3S/c1-36-19-12-8-17(9-13-19)23-14-22(16-6-10-18(28)11-7-16)32-33(23)27-31-26(35)24(37-27)15-25(34)30-21-5-3-2-4-20(21)29/h2-13,23-24H,14-15H2,1H3,(H,30,34)/t23-,24+/m1/s1. The fraction of sp³-hybridized carbons (Fsp3) is 0.185. The third-order valence-electron chi connectivity index (χ3n) is 6.03. The molecular weight excluding hydrogens is 515 g/mol. The Morgan fingerprint density at radius 1 is 1.14 bits per heavy atom. The number of nitrogens with one attached hydrogen (secondary N) is 1. The lowest BCUT2D eigenvalue weighted by atomic mass is 9.98. The summed E-state index contributed by atoms with van der Waals surface area (Å²) >= 11 is 7.25. The van der Waals surface area contributed by atoms with Crippen LogP contribution in [-0.2, 0) is 9.59 Å². The number of amidine groups is 1. The summed E-state index contributed by atoms with van der Waals surface area (Å²) in [6.45, 7) is 0.